The lowest BCUT2D eigenvalue weighted by atomic mass is 10.5. The van der Waals surface area contributed by atoms with Crippen molar-refractivity contribution in [1.29, 1.82) is 0 Å². The van der Waals surface area contributed by atoms with Gasteiger partial charge in [-0.15, -0.1) is 11.6 Å². The molecule has 0 amide bonds. The Morgan fingerprint density at radius 3 is 2.55 bits per heavy atom. The van der Waals surface area contributed by atoms with E-state index < -0.39 is 11.3 Å². The molecule has 0 aliphatic carbocycles. The zero-order chi connectivity index (χ0) is 8.85. The van der Waals surface area contributed by atoms with E-state index in [0.717, 1.165) is 11.8 Å². The molecule has 1 atom stereocenters. The number of carbonyl (C=O) groups is 2. The van der Waals surface area contributed by atoms with Crippen LogP contribution >= 0.6 is 23.4 Å². The predicted molar refractivity (Wildman–Crippen MR) is 44.8 cm³/mol. The van der Waals surface area contributed by atoms with Gasteiger partial charge < -0.3 is 4.74 Å². The largest absolute Gasteiger partial charge is 0.468 e. The number of ether oxygens (including phenoxy) is 1. The fourth-order valence-electron chi connectivity index (χ4n) is 0.386. The Hall–Kier alpha value is -0.220. The average Bonchev–Trinajstić information content (AvgIpc) is 1.98. The van der Waals surface area contributed by atoms with E-state index >= 15 is 0 Å². The molecule has 0 aromatic rings. The average molecular weight is 197 g/mol. The van der Waals surface area contributed by atoms with E-state index in [4.69, 9.17) is 11.6 Å². The summed E-state index contributed by atoms with van der Waals surface area (Å²) < 4.78 is 4.35. The molecule has 64 valence electrons. The molecule has 5 heteroatoms. The van der Waals surface area contributed by atoms with Gasteiger partial charge in [0.15, 0.2) is 5.12 Å². The van der Waals surface area contributed by atoms with Gasteiger partial charge in [0.2, 0.25) is 0 Å². The van der Waals surface area contributed by atoms with Crippen LogP contribution in [-0.2, 0) is 14.3 Å². The lowest BCUT2D eigenvalue weighted by Crippen LogP contribution is -2.18. The lowest BCUT2D eigenvalue weighted by Gasteiger charge is -2.03. The Kier molecular flexibility index (Phi) is 5.32. The summed E-state index contributed by atoms with van der Waals surface area (Å²) in [6.45, 7) is 1.42. The number of thioether (sulfide) groups is 1. The van der Waals surface area contributed by atoms with E-state index in [2.05, 4.69) is 4.74 Å². The highest BCUT2D eigenvalue weighted by atomic mass is 35.5. The third kappa shape index (κ3) is 5.09. The van der Waals surface area contributed by atoms with Crippen molar-refractivity contribution in [3.63, 3.8) is 0 Å². The van der Waals surface area contributed by atoms with Crippen LogP contribution in [0, 0.1) is 0 Å². The monoisotopic (exact) mass is 196 g/mol. The lowest BCUT2D eigenvalue weighted by molar-refractivity contribution is -0.139. The first-order valence-electron chi connectivity index (χ1n) is 2.93. The van der Waals surface area contributed by atoms with Crippen molar-refractivity contribution in [2.75, 3.05) is 12.9 Å². The summed E-state index contributed by atoms with van der Waals surface area (Å²) >= 11 is 6.54. The minimum Gasteiger partial charge on any atom is -0.468 e. The number of carbonyl (C=O) groups excluding carboxylic acids is 2. The summed E-state index contributed by atoms with van der Waals surface area (Å²) in [5.74, 6) is -0.232. The van der Waals surface area contributed by atoms with Crippen molar-refractivity contribution < 1.29 is 14.3 Å². The minimum absolute atomic E-state index is 0.0560. The topological polar surface area (TPSA) is 43.4 Å². The maximum absolute atomic E-state index is 10.6. The molecule has 11 heavy (non-hydrogen) atoms. The van der Waals surface area contributed by atoms with Crippen molar-refractivity contribution in [3.05, 3.63) is 0 Å². The van der Waals surface area contributed by atoms with E-state index in [1.54, 1.807) is 0 Å². The summed E-state index contributed by atoms with van der Waals surface area (Å²) in [6, 6.07) is 0. The Bertz CT molecular complexity index is 160. The maximum atomic E-state index is 10.6. The van der Waals surface area contributed by atoms with Gasteiger partial charge in [-0.1, -0.05) is 11.8 Å². The normalized spacial score (nSPS) is 12.3. The fraction of sp³-hybridized carbons (Fsp3) is 0.667. The van der Waals surface area contributed by atoms with Crippen LogP contribution in [0.5, 0.6) is 0 Å². The van der Waals surface area contributed by atoms with Gasteiger partial charge >= 0.3 is 5.97 Å². The molecule has 0 N–H and O–H groups in total. The highest BCUT2D eigenvalue weighted by Gasteiger charge is 2.15. The van der Waals surface area contributed by atoms with Gasteiger partial charge in [-0.25, -0.2) is 0 Å². The van der Waals surface area contributed by atoms with E-state index in [1.807, 2.05) is 0 Å². The molecule has 0 aromatic carbocycles. The Labute approximate surface area is 74.4 Å². The summed E-state index contributed by atoms with van der Waals surface area (Å²) in [7, 11) is 1.26. The molecule has 0 saturated carbocycles. The first-order chi connectivity index (χ1) is 5.07. The van der Waals surface area contributed by atoms with E-state index in [-0.39, 0.29) is 10.9 Å². The van der Waals surface area contributed by atoms with Crippen LogP contribution in [0.2, 0.25) is 0 Å². The number of alkyl halides is 1. The first-order valence-corrected chi connectivity index (χ1v) is 4.35. The molecule has 0 spiro atoms. The highest BCUT2D eigenvalue weighted by molar-refractivity contribution is 8.13. The Morgan fingerprint density at radius 1 is 1.64 bits per heavy atom. The van der Waals surface area contributed by atoms with Crippen LogP contribution in [0.25, 0.3) is 0 Å². The molecule has 0 aliphatic heterocycles. The predicted octanol–water partition coefficient (Wildman–Crippen LogP) is 1.05. The van der Waals surface area contributed by atoms with Gasteiger partial charge in [-0.05, 0) is 0 Å². The van der Waals surface area contributed by atoms with Crippen molar-refractivity contribution in [1.82, 2.24) is 0 Å². The van der Waals surface area contributed by atoms with Crippen LogP contribution in [0.4, 0.5) is 0 Å². The van der Waals surface area contributed by atoms with Crippen LogP contribution in [0.3, 0.4) is 0 Å². The summed E-state index contributed by atoms with van der Waals surface area (Å²) in [5, 5.41) is -0.784. The third-order valence-corrected chi connectivity index (χ3v) is 2.31. The number of methoxy groups -OCH3 is 1. The fourth-order valence-corrected chi connectivity index (χ4v) is 1.18. The second-order valence-corrected chi connectivity index (χ2v) is 3.52. The van der Waals surface area contributed by atoms with Crippen molar-refractivity contribution >= 4 is 34.4 Å². The van der Waals surface area contributed by atoms with Crippen LogP contribution in [0.1, 0.15) is 6.92 Å². The van der Waals surface area contributed by atoms with Crippen molar-refractivity contribution in [3.8, 4) is 0 Å². The van der Waals surface area contributed by atoms with Crippen LogP contribution in [-0.4, -0.2) is 29.3 Å². The molecule has 0 rings (SSSR count). The Morgan fingerprint density at radius 2 is 2.18 bits per heavy atom. The Balaban J connectivity index is 3.60. The third-order valence-electron chi connectivity index (χ3n) is 0.890. The van der Waals surface area contributed by atoms with Crippen molar-refractivity contribution in [2.45, 2.75) is 12.3 Å². The standard InChI is InChI=1S/C6H9ClO3S/c1-4(8)11-3-5(7)6(9)10-2/h5H,3H2,1-2H3. The summed E-state index contributed by atoms with van der Waals surface area (Å²) in [5.41, 5.74) is 0. The SMILES string of the molecule is COC(=O)C(Cl)CSC(C)=O. The van der Waals surface area contributed by atoms with Crippen LogP contribution < -0.4 is 0 Å². The van der Waals surface area contributed by atoms with E-state index in [9.17, 15) is 9.59 Å². The van der Waals surface area contributed by atoms with Crippen LogP contribution in [0.15, 0.2) is 0 Å². The molecular weight excluding hydrogens is 188 g/mol. The first kappa shape index (κ1) is 10.8. The van der Waals surface area contributed by atoms with E-state index in [1.165, 1.54) is 14.0 Å². The quantitative estimate of drug-likeness (QED) is 0.500. The number of hydrogen-bond donors (Lipinski definition) is 0. The zero-order valence-corrected chi connectivity index (χ0v) is 7.87. The minimum atomic E-state index is -0.728. The van der Waals surface area contributed by atoms with E-state index in [0.29, 0.717) is 0 Å². The summed E-state index contributed by atoms with van der Waals surface area (Å²) in [6.07, 6.45) is 0. The van der Waals surface area contributed by atoms with Gasteiger partial charge in [0.25, 0.3) is 0 Å². The van der Waals surface area contributed by atoms with Gasteiger partial charge in [0.05, 0.1) is 7.11 Å². The van der Waals surface area contributed by atoms with Gasteiger partial charge in [0.1, 0.15) is 5.38 Å². The molecule has 0 fully saturated rings. The molecule has 0 radical (unpaired) electrons. The molecule has 0 saturated heterocycles. The molecule has 0 bridgehead atoms. The molecular formula is C6H9ClO3S. The number of halogens is 1. The number of esters is 1. The summed E-state index contributed by atoms with van der Waals surface area (Å²) in [4.78, 5) is 21.1. The number of hydrogen-bond acceptors (Lipinski definition) is 4. The van der Waals surface area contributed by atoms with Gasteiger partial charge in [0, 0.05) is 12.7 Å². The maximum Gasteiger partial charge on any atom is 0.324 e. The second kappa shape index (κ2) is 5.43. The second-order valence-electron chi connectivity index (χ2n) is 1.79. The molecule has 1 unspecified atom stereocenters. The molecule has 0 heterocycles. The molecule has 0 aliphatic rings. The smallest absolute Gasteiger partial charge is 0.324 e. The van der Waals surface area contributed by atoms with Gasteiger partial charge in [-0.2, -0.15) is 0 Å². The van der Waals surface area contributed by atoms with Crippen molar-refractivity contribution in [2.24, 2.45) is 0 Å². The molecule has 0 aromatic heterocycles. The number of rotatable bonds is 3. The molecule has 3 nitrogen and oxygen atoms in total. The highest BCUT2D eigenvalue weighted by Crippen LogP contribution is 2.09. The van der Waals surface area contributed by atoms with Gasteiger partial charge in [-0.3, -0.25) is 9.59 Å². The zero-order valence-electron chi connectivity index (χ0n) is 6.30.